The predicted octanol–water partition coefficient (Wildman–Crippen LogP) is 5.78. The first kappa shape index (κ1) is 27.5. The summed E-state index contributed by atoms with van der Waals surface area (Å²) in [5.74, 6) is -0.235. The normalized spacial score (nSPS) is 20.2. The molecule has 2 heterocycles. The number of hydrogen-bond donors (Lipinski definition) is 1. The molecule has 5 rings (SSSR count). The number of carbonyl (C=O) groups is 2. The molecule has 1 aliphatic heterocycles. The van der Waals surface area contributed by atoms with Crippen LogP contribution in [0.3, 0.4) is 0 Å². The van der Waals surface area contributed by atoms with Gasteiger partial charge in [-0.25, -0.2) is 4.79 Å². The molecule has 2 aliphatic rings. The molecule has 0 fully saturated rings. The Kier molecular flexibility index (Phi) is 8.26. The number of fused-ring (bicyclic) bond motifs is 1. The third-order valence-corrected chi connectivity index (χ3v) is 8.51. The zero-order valence-electron chi connectivity index (χ0n) is 23.1. The molecular weight excluding hydrogens is 526 g/mol. The van der Waals surface area contributed by atoms with Crippen LogP contribution in [0.25, 0.3) is 0 Å². The van der Waals surface area contributed by atoms with Gasteiger partial charge in [0.05, 0.1) is 39.4 Å². The molecule has 208 valence electrons. The Hall–Kier alpha value is -4.04. The van der Waals surface area contributed by atoms with E-state index in [2.05, 4.69) is 17.5 Å². The highest BCUT2D eigenvalue weighted by Crippen LogP contribution is 2.49. The van der Waals surface area contributed by atoms with Crippen molar-refractivity contribution in [3.8, 4) is 17.2 Å². The van der Waals surface area contributed by atoms with Gasteiger partial charge in [-0.15, -0.1) is 11.3 Å². The maximum absolute atomic E-state index is 13.9. The Morgan fingerprint density at radius 1 is 0.975 bits per heavy atom. The number of ether oxygens (including phenoxy) is 4. The van der Waals surface area contributed by atoms with Gasteiger partial charge in [0, 0.05) is 40.9 Å². The van der Waals surface area contributed by atoms with E-state index in [9.17, 15) is 9.59 Å². The van der Waals surface area contributed by atoms with Gasteiger partial charge >= 0.3 is 5.97 Å². The summed E-state index contributed by atoms with van der Waals surface area (Å²) < 4.78 is 22.6. The molecule has 3 aromatic rings. The Morgan fingerprint density at radius 3 is 2.33 bits per heavy atom. The first-order chi connectivity index (χ1) is 19.4. The van der Waals surface area contributed by atoms with Crippen LogP contribution in [0.2, 0.25) is 0 Å². The number of thiophene rings is 1. The lowest BCUT2D eigenvalue weighted by molar-refractivity contribution is -0.139. The van der Waals surface area contributed by atoms with Crippen molar-refractivity contribution in [2.45, 2.75) is 31.6 Å². The summed E-state index contributed by atoms with van der Waals surface area (Å²) in [5.41, 5.74) is 3.67. The van der Waals surface area contributed by atoms with Crippen molar-refractivity contribution in [1.29, 1.82) is 0 Å². The molecule has 40 heavy (non-hydrogen) atoms. The minimum Gasteiger partial charge on any atom is -0.493 e. The Morgan fingerprint density at radius 2 is 1.70 bits per heavy atom. The number of esters is 1. The van der Waals surface area contributed by atoms with Crippen LogP contribution in [-0.4, -0.2) is 39.7 Å². The van der Waals surface area contributed by atoms with Gasteiger partial charge in [0.2, 0.25) is 5.75 Å². The van der Waals surface area contributed by atoms with E-state index < -0.39 is 17.8 Å². The summed E-state index contributed by atoms with van der Waals surface area (Å²) in [7, 11) is 4.64. The standard InChI is InChI=1S/C32H33NO6S/c1-19-28(32(35)39-13-12-20-9-6-5-7-10-20)29(22-17-25(36-2)31(38-4)26(18-22)37-3)30-23(33-19)15-21(16-24(30)34)27-11-8-14-40-27/h5-11,14-15,17-18,21,29-30,33H,12-13,16H2,1-4H3. The van der Waals surface area contributed by atoms with Gasteiger partial charge in [-0.05, 0) is 41.6 Å². The quantitative estimate of drug-likeness (QED) is 0.333. The number of rotatable bonds is 9. The molecule has 2 aromatic carbocycles. The van der Waals surface area contributed by atoms with Crippen LogP contribution >= 0.6 is 11.3 Å². The van der Waals surface area contributed by atoms with E-state index in [1.54, 1.807) is 32.7 Å². The van der Waals surface area contributed by atoms with Crippen molar-refractivity contribution < 1.29 is 28.5 Å². The molecule has 7 nitrogen and oxygen atoms in total. The van der Waals surface area contributed by atoms with E-state index in [1.807, 2.05) is 60.8 Å². The summed E-state index contributed by atoms with van der Waals surface area (Å²) in [6.45, 7) is 2.08. The first-order valence-corrected chi connectivity index (χ1v) is 14.1. The van der Waals surface area contributed by atoms with Crippen LogP contribution in [0.4, 0.5) is 0 Å². The maximum Gasteiger partial charge on any atom is 0.336 e. The van der Waals surface area contributed by atoms with Gasteiger partial charge in [-0.1, -0.05) is 42.5 Å². The zero-order valence-corrected chi connectivity index (χ0v) is 23.9. The Balaban J connectivity index is 1.56. The number of Topliss-reactive ketones (excluding diaryl/α,β-unsaturated/α-hetero) is 1. The number of ketones is 1. The molecule has 8 heteroatoms. The third kappa shape index (κ3) is 5.36. The smallest absolute Gasteiger partial charge is 0.336 e. The fraction of sp³-hybridized carbons (Fsp3) is 0.312. The summed E-state index contributed by atoms with van der Waals surface area (Å²) in [6, 6.07) is 17.6. The average molecular weight is 560 g/mol. The summed E-state index contributed by atoms with van der Waals surface area (Å²) in [4.78, 5) is 28.7. The van der Waals surface area contributed by atoms with Gasteiger partial charge < -0.3 is 24.3 Å². The second-order valence-electron chi connectivity index (χ2n) is 9.86. The summed E-state index contributed by atoms with van der Waals surface area (Å²) >= 11 is 1.64. The number of benzene rings is 2. The Labute approximate surface area is 238 Å². The minimum atomic E-state index is -0.595. The molecule has 0 saturated heterocycles. The molecular formula is C32H33NO6S. The molecule has 3 atom stereocenters. The molecule has 0 radical (unpaired) electrons. The fourth-order valence-electron chi connectivity index (χ4n) is 5.65. The number of nitrogens with one attached hydrogen (secondary N) is 1. The lowest BCUT2D eigenvalue weighted by atomic mass is 9.69. The van der Waals surface area contributed by atoms with Crippen molar-refractivity contribution in [2.24, 2.45) is 5.92 Å². The van der Waals surface area contributed by atoms with Crippen LogP contribution in [0.5, 0.6) is 17.2 Å². The molecule has 1 aliphatic carbocycles. The topological polar surface area (TPSA) is 83.1 Å². The molecule has 0 saturated carbocycles. The van der Waals surface area contributed by atoms with Gasteiger partial charge in [-0.3, -0.25) is 4.79 Å². The van der Waals surface area contributed by atoms with Crippen LogP contribution in [0, 0.1) is 5.92 Å². The van der Waals surface area contributed by atoms with Crippen LogP contribution in [-0.2, 0) is 20.7 Å². The van der Waals surface area contributed by atoms with E-state index in [0.29, 0.717) is 46.9 Å². The van der Waals surface area contributed by atoms with Gasteiger partial charge in [0.1, 0.15) is 5.78 Å². The van der Waals surface area contributed by atoms with Crippen molar-refractivity contribution in [1.82, 2.24) is 5.32 Å². The molecule has 0 amide bonds. The highest BCUT2D eigenvalue weighted by molar-refractivity contribution is 7.10. The minimum absolute atomic E-state index is 0.0148. The fourth-order valence-corrected chi connectivity index (χ4v) is 6.45. The van der Waals surface area contributed by atoms with E-state index in [1.165, 1.54) is 0 Å². The number of allylic oxidation sites excluding steroid dienone is 3. The van der Waals surface area contributed by atoms with Crippen molar-refractivity contribution in [3.05, 3.63) is 99.0 Å². The van der Waals surface area contributed by atoms with E-state index in [4.69, 9.17) is 18.9 Å². The summed E-state index contributed by atoms with van der Waals surface area (Å²) in [5, 5.41) is 5.42. The predicted molar refractivity (Wildman–Crippen MR) is 154 cm³/mol. The van der Waals surface area contributed by atoms with Crippen LogP contribution in [0.15, 0.2) is 83.0 Å². The van der Waals surface area contributed by atoms with Crippen molar-refractivity contribution >= 4 is 23.1 Å². The molecule has 1 N–H and O–H groups in total. The molecule has 0 spiro atoms. The largest absolute Gasteiger partial charge is 0.493 e. The number of methoxy groups -OCH3 is 3. The average Bonchev–Trinajstić information content (AvgIpc) is 3.51. The first-order valence-electron chi connectivity index (χ1n) is 13.2. The number of hydrogen-bond acceptors (Lipinski definition) is 8. The van der Waals surface area contributed by atoms with Crippen molar-refractivity contribution in [2.75, 3.05) is 27.9 Å². The van der Waals surface area contributed by atoms with Crippen LogP contribution < -0.4 is 19.5 Å². The zero-order chi connectivity index (χ0) is 28.2. The lowest BCUT2D eigenvalue weighted by Gasteiger charge is -2.39. The number of carbonyl (C=O) groups excluding carboxylic acids is 2. The second kappa shape index (κ2) is 12.0. The highest BCUT2D eigenvalue weighted by Gasteiger charge is 2.45. The lowest BCUT2D eigenvalue weighted by Crippen LogP contribution is -2.42. The van der Waals surface area contributed by atoms with Crippen molar-refractivity contribution in [3.63, 3.8) is 0 Å². The molecule has 1 aromatic heterocycles. The molecule has 3 unspecified atom stereocenters. The monoisotopic (exact) mass is 559 g/mol. The van der Waals surface area contributed by atoms with Crippen LogP contribution in [0.1, 0.15) is 41.2 Å². The SMILES string of the molecule is COc1cc(C2C(C(=O)OCCc3ccccc3)=C(C)NC3=CC(c4cccs4)CC(=O)C32)cc(OC)c1OC. The van der Waals surface area contributed by atoms with Gasteiger partial charge in [0.25, 0.3) is 0 Å². The summed E-state index contributed by atoms with van der Waals surface area (Å²) in [6.07, 6.45) is 3.08. The van der Waals surface area contributed by atoms with E-state index in [-0.39, 0.29) is 18.3 Å². The van der Waals surface area contributed by atoms with Gasteiger partial charge in [0.15, 0.2) is 11.5 Å². The third-order valence-electron chi connectivity index (χ3n) is 7.51. The van der Waals surface area contributed by atoms with Gasteiger partial charge in [-0.2, -0.15) is 0 Å². The highest BCUT2D eigenvalue weighted by atomic mass is 32.1. The Bertz CT molecular complexity index is 1420. The second-order valence-corrected chi connectivity index (χ2v) is 10.8. The van der Waals surface area contributed by atoms with E-state index >= 15 is 0 Å². The van der Waals surface area contributed by atoms with E-state index in [0.717, 1.165) is 16.1 Å². The maximum atomic E-state index is 13.9. The molecule has 0 bridgehead atoms.